The van der Waals surface area contributed by atoms with E-state index in [0.29, 0.717) is 23.6 Å². The number of carbonyl (C=O) groups excluding carboxylic acids is 1. The number of hydrogen-bond acceptors (Lipinski definition) is 4. The third-order valence-corrected chi connectivity index (χ3v) is 3.74. The number of nitrogens with one attached hydrogen (secondary N) is 2. The number of hydrogen-bond donors (Lipinski definition) is 2. The van der Waals surface area contributed by atoms with Crippen molar-refractivity contribution in [1.82, 2.24) is 5.32 Å². The number of urea groups is 1. The first-order valence-electron chi connectivity index (χ1n) is 7.68. The van der Waals surface area contributed by atoms with Crippen molar-refractivity contribution in [2.75, 3.05) is 26.1 Å². The number of fused-ring (bicyclic) bond motifs is 3. The van der Waals surface area contributed by atoms with Gasteiger partial charge in [-0.15, -0.1) is 0 Å². The van der Waals surface area contributed by atoms with E-state index in [1.54, 1.807) is 20.3 Å². The van der Waals surface area contributed by atoms with Crippen LogP contribution in [-0.2, 0) is 4.74 Å². The average Bonchev–Trinajstić information content (AvgIpc) is 2.91. The van der Waals surface area contributed by atoms with Crippen LogP contribution in [0, 0.1) is 0 Å². The number of amides is 2. The number of rotatable bonds is 5. The van der Waals surface area contributed by atoms with Gasteiger partial charge in [0.15, 0.2) is 0 Å². The van der Waals surface area contributed by atoms with Gasteiger partial charge in [-0.25, -0.2) is 4.79 Å². The number of methoxy groups -OCH3 is 2. The lowest BCUT2D eigenvalue weighted by Crippen LogP contribution is -2.38. The quantitative estimate of drug-likeness (QED) is 0.748. The minimum atomic E-state index is -0.326. The summed E-state index contributed by atoms with van der Waals surface area (Å²) in [7, 11) is 3.16. The smallest absolute Gasteiger partial charge is 0.319 e. The van der Waals surface area contributed by atoms with Crippen LogP contribution in [0.4, 0.5) is 10.5 Å². The van der Waals surface area contributed by atoms with Crippen LogP contribution in [0.2, 0.25) is 0 Å². The van der Waals surface area contributed by atoms with Gasteiger partial charge in [-0.3, -0.25) is 0 Å². The Labute approximate surface area is 139 Å². The summed E-state index contributed by atoms with van der Waals surface area (Å²) in [6, 6.07) is 11.0. The third-order valence-electron chi connectivity index (χ3n) is 3.74. The first-order chi connectivity index (χ1) is 11.6. The van der Waals surface area contributed by atoms with E-state index in [9.17, 15) is 4.79 Å². The number of benzene rings is 2. The lowest BCUT2D eigenvalue weighted by molar-refractivity contribution is 0.173. The molecule has 0 saturated heterocycles. The molecule has 2 N–H and O–H groups in total. The molecule has 0 spiro atoms. The predicted molar refractivity (Wildman–Crippen MR) is 93.8 cm³/mol. The fourth-order valence-corrected chi connectivity index (χ4v) is 2.69. The summed E-state index contributed by atoms with van der Waals surface area (Å²) in [4.78, 5) is 12.1. The molecule has 0 bridgehead atoms. The molecule has 1 aromatic heterocycles. The Bertz CT molecular complexity index is 872. The molecule has 6 nitrogen and oxygen atoms in total. The van der Waals surface area contributed by atoms with Crippen molar-refractivity contribution in [3.63, 3.8) is 0 Å². The van der Waals surface area contributed by atoms with Crippen LogP contribution in [0.15, 0.2) is 40.8 Å². The summed E-state index contributed by atoms with van der Waals surface area (Å²) >= 11 is 0. The zero-order chi connectivity index (χ0) is 17.1. The largest absolute Gasteiger partial charge is 0.495 e. The molecule has 1 unspecified atom stereocenters. The highest BCUT2D eigenvalue weighted by atomic mass is 16.5. The van der Waals surface area contributed by atoms with E-state index in [0.717, 1.165) is 16.4 Å². The van der Waals surface area contributed by atoms with Gasteiger partial charge >= 0.3 is 6.03 Å². The van der Waals surface area contributed by atoms with Gasteiger partial charge in [0.1, 0.15) is 16.9 Å². The monoisotopic (exact) mass is 328 g/mol. The van der Waals surface area contributed by atoms with Crippen LogP contribution < -0.4 is 15.4 Å². The van der Waals surface area contributed by atoms with Gasteiger partial charge in [-0.1, -0.05) is 18.2 Å². The van der Waals surface area contributed by atoms with Gasteiger partial charge in [-0.05, 0) is 19.1 Å². The molecule has 0 fully saturated rings. The molecule has 0 aliphatic carbocycles. The fourth-order valence-electron chi connectivity index (χ4n) is 2.69. The highest BCUT2D eigenvalue weighted by molar-refractivity contribution is 6.07. The van der Waals surface area contributed by atoms with Gasteiger partial charge in [-0.2, -0.15) is 0 Å². The molecule has 1 heterocycles. The van der Waals surface area contributed by atoms with Gasteiger partial charge in [0, 0.05) is 23.9 Å². The van der Waals surface area contributed by atoms with E-state index < -0.39 is 0 Å². The molecule has 6 heteroatoms. The fraction of sp³-hybridized carbons (Fsp3) is 0.278. The second-order valence-electron chi connectivity index (χ2n) is 5.60. The Kier molecular flexibility index (Phi) is 4.57. The minimum Gasteiger partial charge on any atom is -0.495 e. The first-order valence-corrected chi connectivity index (χ1v) is 7.68. The molecular weight excluding hydrogens is 308 g/mol. The molecule has 0 saturated carbocycles. The minimum absolute atomic E-state index is 0.101. The van der Waals surface area contributed by atoms with Crippen LogP contribution in [0.1, 0.15) is 6.92 Å². The molecule has 126 valence electrons. The predicted octanol–water partition coefficient (Wildman–Crippen LogP) is 3.75. The van der Waals surface area contributed by atoms with Crippen molar-refractivity contribution >= 4 is 33.7 Å². The second kappa shape index (κ2) is 6.80. The number of para-hydroxylation sites is 1. The molecule has 3 rings (SSSR count). The van der Waals surface area contributed by atoms with E-state index in [1.165, 1.54) is 0 Å². The Morgan fingerprint density at radius 3 is 2.71 bits per heavy atom. The molecule has 1 atom stereocenters. The van der Waals surface area contributed by atoms with Crippen LogP contribution in [-0.4, -0.2) is 32.9 Å². The van der Waals surface area contributed by atoms with Gasteiger partial charge < -0.3 is 24.5 Å². The molecular formula is C18H20N2O4. The highest BCUT2D eigenvalue weighted by Gasteiger charge is 2.14. The van der Waals surface area contributed by atoms with Crippen molar-refractivity contribution in [3.05, 3.63) is 36.4 Å². The molecule has 24 heavy (non-hydrogen) atoms. The zero-order valence-corrected chi connectivity index (χ0v) is 13.9. The standard InChI is InChI=1S/C18H20N2O4/c1-11(10-22-2)19-18(21)20-14-9-16-13(8-17(14)23-3)12-6-4-5-7-15(12)24-16/h4-9,11H,10H2,1-3H3,(H2,19,20,21). The average molecular weight is 328 g/mol. The summed E-state index contributed by atoms with van der Waals surface area (Å²) < 4.78 is 16.3. The molecule has 0 aliphatic heterocycles. The number of anilines is 1. The van der Waals surface area contributed by atoms with Crippen LogP contribution >= 0.6 is 0 Å². The molecule has 2 amide bonds. The summed E-state index contributed by atoms with van der Waals surface area (Å²) in [6.07, 6.45) is 0. The van der Waals surface area contributed by atoms with Crippen LogP contribution in [0.5, 0.6) is 5.75 Å². The second-order valence-corrected chi connectivity index (χ2v) is 5.60. The molecule has 2 aromatic carbocycles. The van der Waals surface area contributed by atoms with Crippen molar-refractivity contribution < 1.29 is 18.7 Å². The summed E-state index contributed by atoms with van der Waals surface area (Å²) in [5, 5.41) is 7.55. The molecule has 0 radical (unpaired) electrons. The number of carbonyl (C=O) groups is 1. The van der Waals surface area contributed by atoms with E-state index in [4.69, 9.17) is 13.9 Å². The maximum atomic E-state index is 12.1. The van der Waals surface area contributed by atoms with Crippen molar-refractivity contribution in [2.45, 2.75) is 13.0 Å². The Morgan fingerprint density at radius 1 is 1.17 bits per heavy atom. The van der Waals surface area contributed by atoms with E-state index >= 15 is 0 Å². The van der Waals surface area contributed by atoms with Crippen molar-refractivity contribution in [1.29, 1.82) is 0 Å². The van der Waals surface area contributed by atoms with Gasteiger partial charge in [0.25, 0.3) is 0 Å². The number of ether oxygens (including phenoxy) is 2. The maximum absolute atomic E-state index is 12.1. The third kappa shape index (κ3) is 3.14. The van der Waals surface area contributed by atoms with Gasteiger partial charge in [0.05, 0.1) is 25.4 Å². The van der Waals surface area contributed by atoms with E-state index in [-0.39, 0.29) is 12.1 Å². The van der Waals surface area contributed by atoms with E-state index in [2.05, 4.69) is 10.6 Å². The summed E-state index contributed by atoms with van der Waals surface area (Å²) in [5.41, 5.74) is 2.04. The van der Waals surface area contributed by atoms with Crippen molar-refractivity contribution in [3.8, 4) is 5.75 Å². The Hall–Kier alpha value is -2.73. The van der Waals surface area contributed by atoms with Crippen molar-refractivity contribution in [2.24, 2.45) is 0 Å². The summed E-state index contributed by atoms with van der Waals surface area (Å²) in [5.74, 6) is 0.573. The molecule has 0 aliphatic rings. The van der Waals surface area contributed by atoms with Gasteiger partial charge in [0.2, 0.25) is 0 Å². The van der Waals surface area contributed by atoms with Crippen LogP contribution in [0.25, 0.3) is 21.9 Å². The highest BCUT2D eigenvalue weighted by Crippen LogP contribution is 2.36. The molecule has 3 aromatic rings. The normalized spacial score (nSPS) is 12.3. The zero-order valence-electron chi connectivity index (χ0n) is 13.9. The Morgan fingerprint density at radius 2 is 1.96 bits per heavy atom. The maximum Gasteiger partial charge on any atom is 0.319 e. The first kappa shape index (κ1) is 16.1. The topological polar surface area (TPSA) is 72.7 Å². The van der Waals surface area contributed by atoms with E-state index in [1.807, 2.05) is 37.3 Å². The summed E-state index contributed by atoms with van der Waals surface area (Å²) in [6.45, 7) is 2.30. The number of furan rings is 1. The van der Waals surface area contributed by atoms with Crippen LogP contribution in [0.3, 0.4) is 0 Å². The Balaban J connectivity index is 1.92. The lowest BCUT2D eigenvalue weighted by atomic mass is 10.1. The SMILES string of the molecule is COCC(C)NC(=O)Nc1cc2oc3ccccc3c2cc1OC. The lowest BCUT2D eigenvalue weighted by Gasteiger charge is -2.15.